The van der Waals surface area contributed by atoms with Gasteiger partial charge in [0.2, 0.25) is 0 Å². The Labute approximate surface area is 86.5 Å². The van der Waals surface area contributed by atoms with Crippen LogP contribution in [0, 0.1) is 22.1 Å². The predicted molar refractivity (Wildman–Crippen MR) is 55.6 cm³/mol. The van der Waals surface area contributed by atoms with E-state index in [4.69, 9.17) is 20.8 Å². The minimum Gasteiger partial charge on any atom is -0.483 e. The van der Waals surface area contributed by atoms with E-state index in [0.717, 1.165) is 6.34 Å². The summed E-state index contributed by atoms with van der Waals surface area (Å²) in [5.41, 5.74) is 1.05. The molecule has 0 atom stereocenters. The third-order valence-corrected chi connectivity index (χ3v) is 2.13. The first kappa shape index (κ1) is 9.21. The number of hydrogen-bond acceptors (Lipinski definition) is 4. The first-order chi connectivity index (χ1) is 7.26. The van der Waals surface area contributed by atoms with E-state index in [1.807, 2.05) is 6.07 Å². The molecule has 2 rings (SSSR count). The van der Waals surface area contributed by atoms with Crippen LogP contribution in [-0.2, 0) is 0 Å². The van der Waals surface area contributed by atoms with Crippen LogP contribution in [0.25, 0.3) is 0 Å². The topological polar surface area (TPSA) is 84.0 Å². The lowest BCUT2D eigenvalue weighted by Crippen LogP contribution is -2.36. The molecule has 0 saturated heterocycles. The third kappa shape index (κ3) is 1.42. The highest BCUT2D eigenvalue weighted by atomic mass is 16.5. The van der Waals surface area contributed by atoms with Crippen molar-refractivity contribution in [1.29, 1.82) is 16.1 Å². The predicted octanol–water partition coefficient (Wildman–Crippen LogP) is 1.34. The average Bonchev–Trinajstić information content (AvgIpc) is 2.28. The van der Waals surface area contributed by atoms with Gasteiger partial charge in [0.05, 0.1) is 23.7 Å². The Morgan fingerprint density at radius 2 is 2.33 bits per heavy atom. The fraction of sp³-hybridized carbons (Fsp3) is 0.100. The highest BCUT2D eigenvalue weighted by Crippen LogP contribution is 2.31. The number of nitriles is 1. The first-order valence-corrected chi connectivity index (χ1v) is 4.30. The molecular weight excluding hydrogens is 192 g/mol. The first-order valence-electron chi connectivity index (χ1n) is 4.30. The molecule has 0 radical (unpaired) electrons. The fourth-order valence-corrected chi connectivity index (χ4v) is 1.41. The molecule has 0 unspecified atom stereocenters. The lowest BCUT2D eigenvalue weighted by atomic mass is 10.1. The molecule has 1 aromatic carbocycles. The average molecular weight is 200 g/mol. The number of nitrogens with zero attached hydrogens (tertiary/aromatic N) is 2. The van der Waals surface area contributed by atoms with Crippen LogP contribution in [0.2, 0.25) is 0 Å². The smallest absolute Gasteiger partial charge is 0.146 e. The molecule has 0 aromatic heterocycles. The summed E-state index contributed by atoms with van der Waals surface area (Å²) < 4.78 is 5.29. The largest absolute Gasteiger partial charge is 0.483 e. The van der Waals surface area contributed by atoms with E-state index in [2.05, 4.69) is 0 Å². The number of anilines is 1. The lowest BCUT2D eigenvalue weighted by Gasteiger charge is -2.27. The van der Waals surface area contributed by atoms with E-state index in [9.17, 15) is 0 Å². The standard InChI is InChI=1S/C10H8N4O/c11-4-7-1-2-9-8(3-7)14(6-12)10(13)5-15-9/h1-3,6,12-13H,5H2. The van der Waals surface area contributed by atoms with Crippen molar-refractivity contribution in [2.24, 2.45) is 0 Å². The monoisotopic (exact) mass is 200 g/mol. The van der Waals surface area contributed by atoms with Crippen LogP contribution < -0.4 is 9.64 Å². The molecule has 0 bridgehead atoms. The minimum atomic E-state index is 0.147. The van der Waals surface area contributed by atoms with Crippen LogP contribution in [0.4, 0.5) is 5.69 Å². The summed E-state index contributed by atoms with van der Waals surface area (Å²) in [5.74, 6) is 0.779. The maximum absolute atomic E-state index is 8.74. The van der Waals surface area contributed by atoms with Crippen molar-refractivity contribution in [1.82, 2.24) is 0 Å². The van der Waals surface area contributed by atoms with E-state index < -0.39 is 0 Å². The number of rotatable bonds is 1. The highest BCUT2D eigenvalue weighted by Gasteiger charge is 2.21. The molecule has 0 amide bonds. The van der Waals surface area contributed by atoms with Gasteiger partial charge < -0.3 is 4.74 Å². The molecule has 5 heteroatoms. The van der Waals surface area contributed by atoms with Crippen molar-refractivity contribution in [2.75, 3.05) is 11.5 Å². The van der Waals surface area contributed by atoms with E-state index in [-0.39, 0.29) is 12.4 Å². The molecule has 1 aliphatic rings. The van der Waals surface area contributed by atoms with Crippen LogP contribution in [0.1, 0.15) is 5.56 Å². The van der Waals surface area contributed by atoms with Gasteiger partial charge in [-0.2, -0.15) is 5.26 Å². The fourth-order valence-electron chi connectivity index (χ4n) is 1.41. The second-order valence-electron chi connectivity index (χ2n) is 3.03. The summed E-state index contributed by atoms with van der Waals surface area (Å²) in [6.07, 6.45) is 1.05. The molecular formula is C10H8N4O. The van der Waals surface area contributed by atoms with Crippen LogP contribution in [-0.4, -0.2) is 18.8 Å². The van der Waals surface area contributed by atoms with E-state index in [0.29, 0.717) is 17.0 Å². The highest BCUT2D eigenvalue weighted by molar-refractivity contribution is 6.12. The van der Waals surface area contributed by atoms with Crippen molar-refractivity contribution in [3.05, 3.63) is 23.8 Å². The second-order valence-corrected chi connectivity index (χ2v) is 3.03. The zero-order chi connectivity index (χ0) is 10.8. The Balaban J connectivity index is 2.55. The van der Waals surface area contributed by atoms with Crippen molar-refractivity contribution >= 4 is 17.9 Å². The number of fused-ring (bicyclic) bond motifs is 1. The number of ether oxygens (including phenoxy) is 1. The van der Waals surface area contributed by atoms with Crippen LogP contribution >= 0.6 is 0 Å². The molecule has 0 saturated carbocycles. The second kappa shape index (κ2) is 3.42. The van der Waals surface area contributed by atoms with Gasteiger partial charge in [0.25, 0.3) is 0 Å². The molecule has 2 N–H and O–H groups in total. The van der Waals surface area contributed by atoms with Gasteiger partial charge in [-0.25, -0.2) is 0 Å². The number of hydrogen-bond donors (Lipinski definition) is 2. The normalized spacial score (nSPS) is 13.8. The minimum absolute atomic E-state index is 0.147. The number of benzene rings is 1. The van der Waals surface area contributed by atoms with Gasteiger partial charge >= 0.3 is 0 Å². The molecule has 74 valence electrons. The van der Waals surface area contributed by atoms with E-state index in [1.165, 1.54) is 4.90 Å². The molecule has 15 heavy (non-hydrogen) atoms. The van der Waals surface area contributed by atoms with E-state index in [1.54, 1.807) is 18.2 Å². The maximum Gasteiger partial charge on any atom is 0.146 e. The number of nitrogens with one attached hydrogen (secondary N) is 2. The van der Waals surface area contributed by atoms with Gasteiger partial charge in [0.1, 0.15) is 18.2 Å². The summed E-state index contributed by atoms with van der Waals surface area (Å²) in [6.45, 7) is 0.147. The number of amidine groups is 1. The Kier molecular flexibility index (Phi) is 2.10. The summed E-state index contributed by atoms with van der Waals surface area (Å²) in [4.78, 5) is 1.39. The van der Waals surface area contributed by atoms with Crippen LogP contribution in [0.3, 0.4) is 0 Å². The van der Waals surface area contributed by atoms with Gasteiger partial charge in [-0.3, -0.25) is 15.7 Å². The van der Waals surface area contributed by atoms with Gasteiger partial charge in [-0.15, -0.1) is 0 Å². The molecule has 1 heterocycles. The van der Waals surface area contributed by atoms with Crippen molar-refractivity contribution in [3.63, 3.8) is 0 Å². The maximum atomic E-state index is 8.74. The zero-order valence-corrected chi connectivity index (χ0v) is 7.82. The Hall–Kier alpha value is -2.35. The van der Waals surface area contributed by atoms with Crippen molar-refractivity contribution in [3.8, 4) is 11.8 Å². The molecule has 1 aliphatic heterocycles. The molecule has 1 aromatic rings. The van der Waals surface area contributed by atoms with Gasteiger partial charge in [-0.05, 0) is 18.2 Å². The SMILES string of the molecule is N#Cc1ccc2c(c1)N(C=N)C(=N)CO2. The lowest BCUT2D eigenvalue weighted by molar-refractivity contribution is 0.368. The van der Waals surface area contributed by atoms with Crippen LogP contribution in [0.15, 0.2) is 18.2 Å². The molecule has 0 spiro atoms. The summed E-state index contributed by atoms with van der Waals surface area (Å²) in [6, 6.07) is 6.94. The summed E-state index contributed by atoms with van der Waals surface area (Å²) in [5, 5.41) is 23.5. The summed E-state index contributed by atoms with van der Waals surface area (Å²) >= 11 is 0. The third-order valence-electron chi connectivity index (χ3n) is 2.13. The van der Waals surface area contributed by atoms with Crippen molar-refractivity contribution < 1.29 is 4.74 Å². The Morgan fingerprint density at radius 1 is 1.53 bits per heavy atom. The molecule has 0 fully saturated rings. The Morgan fingerprint density at radius 3 is 3.00 bits per heavy atom. The van der Waals surface area contributed by atoms with Crippen molar-refractivity contribution in [2.45, 2.75) is 0 Å². The van der Waals surface area contributed by atoms with Crippen LogP contribution in [0.5, 0.6) is 5.75 Å². The zero-order valence-electron chi connectivity index (χ0n) is 7.82. The summed E-state index contributed by atoms with van der Waals surface area (Å²) in [7, 11) is 0. The van der Waals surface area contributed by atoms with Gasteiger partial charge in [0.15, 0.2) is 0 Å². The van der Waals surface area contributed by atoms with Gasteiger partial charge in [0, 0.05) is 0 Å². The molecule has 0 aliphatic carbocycles. The Bertz CT molecular complexity index is 475. The quantitative estimate of drug-likeness (QED) is 0.530. The molecule has 5 nitrogen and oxygen atoms in total. The van der Waals surface area contributed by atoms with Gasteiger partial charge in [-0.1, -0.05) is 0 Å². The van der Waals surface area contributed by atoms with E-state index >= 15 is 0 Å².